The van der Waals surface area contributed by atoms with E-state index in [-0.39, 0.29) is 21.1 Å². The van der Waals surface area contributed by atoms with Crippen molar-refractivity contribution in [3.05, 3.63) is 168 Å². The van der Waals surface area contributed by atoms with E-state index in [0.29, 0.717) is 11.5 Å². The summed E-state index contributed by atoms with van der Waals surface area (Å²) in [6, 6.07) is 46.8. The summed E-state index contributed by atoms with van der Waals surface area (Å²) in [5, 5.41) is 0. The van der Waals surface area contributed by atoms with Crippen molar-refractivity contribution >= 4 is 0 Å². The third kappa shape index (κ3) is 4.41. The molecule has 0 unspecified atom stereocenters. The van der Waals surface area contributed by atoms with Crippen LogP contribution in [0, 0.1) is 12.1 Å². The Kier molecular flexibility index (Phi) is 7.02. The van der Waals surface area contributed by atoms with E-state index in [9.17, 15) is 0 Å². The number of fused-ring (bicyclic) bond motifs is 2. The third-order valence-corrected chi connectivity index (χ3v) is 6.95. The van der Waals surface area contributed by atoms with E-state index in [1.807, 2.05) is 103 Å². The predicted molar refractivity (Wildman–Crippen MR) is 150 cm³/mol. The van der Waals surface area contributed by atoms with E-state index in [4.69, 9.17) is 14.5 Å². The first-order chi connectivity index (χ1) is 19.3. The van der Waals surface area contributed by atoms with Gasteiger partial charge in [0.15, 0.2) is 0 Å². The molecule has 0 amide bonds. The van der Waals surface area contributed by atoms with Gasteiger partial charge in [-0.05, 0) is 36.0 Å². The molecule has 0 N–H and O–H groups in total. The molecule has 0 fully saturated rings. The van der Waals surface area contributed by atoms with Gasteiger partial charge in [-0.2, -0.15) is 12.1 Å². The van der Waals surface area contributed by atoms with Gasteiger partial charge in [0.05, 0.1) is 11.1 Å². The van der Waals surface area contributed by atoms with Gasteiger partial charge in [-0.3, -0.25) is 4.98 Å². The minimum Gasteiger partial charge on any atom is -0.503 e. The molecule has 0 radical (unpaired) electrons. The van der Waals surface area contributed by atoms with Crippen molar-refractivity contribution in [2.45, 2.75) is 5.41 Å². The minimum atomic E-state index is -0.758. The van der Waals surface area contributed by atoms with Gasteiger partial charge in [-0.15, -0.1) is 41.5 Å². The maximum Gasteiger partial charge on any atom is 2.00 e. The van der Waals surface area contributed by atoms with Crippen molar-refractivity contribution in [2.75, 3.05) is 0 Å². The van der Waals surface area contributed by atoms with E-state index in [1.54, 1.807) is 6.20 Å². The molecule has 2 aromatic heterocycles. The summed E-state index contributed by atoms with van der Waals surface area (Å²) in [6.07, 6.45) is 3.60. The molecule has 0 saturated carbocycles. The molecule has 40 heavy (non-hydrogen) atoms. The fraction of sp³-hybridized carbons (Fsp3) is 0.0286. The molecular weight excluding hydrogens is 675 g/mol. The first kappa shape index (κ1) is 25.7. The second-order valence-corrected chi connectivity index (χ2v) is 9.23. The first-order valence-corrected chi connectivity index (χ1v) is 12.8. The van der Waals surface area contributed by atoms with Gasteiger partial charge in [0.25, 0.3) is 0 Å². The summed E-state index contributed by atoms with van der Waals surface area (Å²) in [5.74, 6) is 2.75. The number of aromatic nitrogens is 2. The molecular formula is C35H22N2O2Pt. The van der Waals surface area contributed by atoms with E-state index in [2.05, 4.69) is 41.4 Å². The minimum absolute atomic E-state index is 0. The normalized spacial score (nSPS) is 12.7. The zero-order valence-electron chi connectivity index (χ0n) is 21.2. The van der Waals surface area contributed by atoms with Crippen LogP contribution in [0.1, 0.15) is 22.4 Å². The van der Waals surface area contributed by atoms with Crippen molar-refractivity contribution in [1.82, 2.24) is 9.97 Å². The molecule has 4 aromatic carbocycles. The molecule has 0 aliphatic carbocycles. The van der Waals surface area contributed by atoms with Gasteiger partial charge in [0, 0.05) is 35.0 Å². The Morgan fingerprint density at radius 3 is 1.88 bits per heavy atom. The number of benzene rings is 4. The van der Waals surface area contributed by atoms with Gasteiger partial charge >= 0.3 is 21.1 Å². The van der Waals surface area contributed by atoms with Crippen LogP contribution in [0.5, 0.6) is 23.0 Å². The molecule has 0 atom stereocenters. The van der Waals surface area contributed by atoms with Crippen molar-refractivity contribution in [2.24, 2.45) is 0 Å². The Labute approximate surface area is 247 Å². The zero-order valence-corrected chi connectivity index (χ0v) is 23.5. The van der Waals surface area contributed by atoms with Gasteiger partial charge in [0.1, 0.15) is 11.5 Å². The molecule has 7 rings (SSSR count). The molecule has 194 valence electrons. The molecule has 0 bridgehead atoms. The van der Waals surface area contributed by atoms with Crippen LogP contribution in [0.3, 0.4) is 0 Å². The third-order valence-electron chi connectivity index (χ3n) is 6.95. The number of pyridine rings is 2. The second-order valence-electron chi connectivity index (χ2n) is 9.23. The van der Waals surface area contributed by atoms with E-state index in [1.165, 1.54) is 0 Å². The summed E-state index contributed by atoms with van der Waals surface area (Å²) < 4.78 is 12.7. The van der Waals surface area contributed by atoms with Crippen LogP contribution in [-0.2, 0) is 26.5 Å². The number of ether oxygens (including phenoxy) is 2. The molecule has 1 aliphatic rings. The van der Waals surface area contributed by atoms with Gasteiger partial charge in [-0.1, -0.05) is 60.7 Å². The van der Waals surface area contributed by atoms with E-state index >= 15 is 0 Å². The van der Waals surface area contributed by atoms with E-state index < -0.39 is 5.41 Å². The van der Waals surface area contributed by atoms with E-state index in [0.717, 1.165) is 45.1 Å². The summed E-state index contributed by atoms with van der Waals surface area (Å²) in [6.45, 7) is 0. The fourth-order valence-electron chi connectivity index (χ4n) is 5.31. The number of nitrogens with zero attached hydrogens (tertiary/aromatic N) is 2. The topological polar surface area (TPSA) is 44.2 Å². The monoisotopic (exact) mass is 697 g/mol. The maximum atomic E-state index is 6.37. The Bertz CT molecular complexity index is 1730. The summed E-state index contributed by atoms with van der Waals surface area (Å²) in [7, 11) is 0. The smallest absolute Gasteiger partial charge is 0.503 e. The molecule has 0 saturated heterocycles. The quantitative estimate of drug-likeness (QED) is 0.171. The van der Waals surface area contributed by atoms with Crippen LogP contribution in [0.2, 0.25) is 0 Å². The van der Waals surface area contributed by atoms with Crippen molar-refractivity contribution in [3.63, 3.8) is 0 Å². The number of para-hydroxylation sites is 2. The standard InChI is InChI=1S/C35H22N2O2.Pt/c1-3-18-32-29(15-1)35(34-20-6-8-22-37-34,30-16-2-4-19-33(30)39-32)26-12-10-14-28(24-26)38-27-13-9-11-25(23-27)31-17-5-7-21-36-31;/h1-22H;/q-2;+2. The number of rotatable bonds is 5. The average molecular weight is 698 g/mol. The van der Waals surface area contributed by atoms with Crippen molar-refractivity contribution < 1.29 is 30.5 Å². The Morgan fingerprint density at radius 1 is 0.575 bits per heavy atom. The van der Waals surface area contributed by atoms with Gasteiger partial charge in [-0.25, -0.2) is 0 Å². The van der Waals surface area contributed by atoms with Crippen LogP contribution < -0.4 is 9.47 Å². The Balaban J connectivity index is 0.00000289. The van der Waals surface area contributed by atoms with Crippen LogP contribution >= 0.6 is 0 Å². The molecule has 0 spiro atoms. The van der Waals surface area contributed by atoms with Crippen LogP contribution in [0.25, 0.3) is 11.3 Å². The number of hydrogen-bond donors (Lipinski definition) is 0. The van der Waals surface area contributed by atoms with Crippen molar-refractivity contribution in [3.8, 4) is 34.3 Å². The van der Waals surface area contributed by atoms with Gasteiger partial charge < -0.3 is 14.5 Å². The summed E-state index contributed by atoms with van der Waals surface area (Å²) in [4.78, 5) is 9.32. The van der Waals surface area contributed by atoms with Crippen molar-refractivity contribution in [1.29, 1.82) is 0 Å². The Hall–Kier alpha value is -4.53. The average Bonchev–Trinajstić information content (AvgIpc) is 3.01. The largest absolute Gasteiger partial charge is 2.00 e. The second kappa shape index (κ2) is 10.9. The molecule has 5 heteroatoms. The van der Waals surface area contributed by atoms with Crippen LogP contribution in [0.15, 0.2) is 134 Å². The number of hydrogen-bond acceptors (Lipinski definition) is 4. The molecule has 3 heterocycles. The zero-order chi connectivity index (χ0) is 26.1. The Morgan fingerprint density at radius 2 is 1.20 bits per heavy atom. The SMILES string of the molecule is [Pt+2].[c-]1c(Oc2[c-]c(C3(c4ccccn4)c4ccccc4Oc4ccccc43)ccc2)cccc1-c1ccccn1. The summed E-state index contributed by atoms with van der Waals surface area (Å²) >= 11 is 0. The molecule has 1 aliphatic heterocycles. The molecule has 6 aromatic rings. The molecule has 4 nitrogen and oxygen atoms in total. The first-order valence-electron chi connectivity index (χ1n) is 12.8. The van der Waals surface area contributed by atoms with Gasteiger partial charge in [0.2, 0.25) is 0 Å². The fourth-order valence-corrected chi connectivity index (χ4v) is 5.31. The summed E-state index contributed by atoms with van der Waals surface area (Å²) in [5.41, 5.74) is 4.73. The van der Waals surface area contributed by atoms with Crippen LogP contribution in [-0.4, -0.2) is 9.97 Å². The predicted octanol–water partition coefficient (Wildman–Crippen LogP) is 8.02. The van der Waals surface area contributed by atoms with Crippen LogP contribution in [0.4, 0.5) is 0 Å². The maximum absolute atomic E-state index is 6.37.